The van der Waals surface area contributed by atoms with Crippen LogP contribution in [0.1, 0.15) is 31.9 Å². The topological polar surface area (TPSA) is 73.5 Å². The van der Waals surface area contributed by atoms with E-state index in [9.17, 15) is 13.2 Å². The van der Waals surface area contributed by atoms with Crippen molar-refractivity contribution < 1.29 is 8.42 Å². The number of likely N-dealkylation sites (tertiary alicyclic amines) is 1. The van der Waals surface area contributed by atoms with E-state index in [1.807, 2.05) is 0 Å². The average molecular weight is 333 g/mol. The minimum Gasteiger partial charge on any atom is -0.315 e. The van der Waals surface area contributed by atoms with Crippen LogP contribution in [0, 0.1) is 6.92 Å². The minimum absolute atomic E-state index is 0.0136. The third kappa shape index (κ3) is 3.56. The molecule has 2 heterocycles. The number of H-pyrrole nitrogens is 1. The van der Waals surface area contributed by atoms with Gasteiger partial charge in [0.15, 0.2) is 4.21 Å². The van der Waals surface area contributed by atoms with Gasteiger partial charge < -0.3 is 9.88 Å². The first-order valence-electron chi connectivity index (χ1n) is 7.26. The summed E-state index contributed by atoms with van der Waals surface area (Å²) in [5.41, 5.74) is 0.431. The summed E-state index contributed by atoms with van der Waals surface area (Å²) in [7, 11) is -1.95. The summed E-state index contributed by atoms with van der Waals surface area (Å²) in [6, 6.07) is 0.0136. The van der Waals surface area contributed by atoms with Gasteiger partial charge in [-0.15, -0.1) is 0 Å². The highest BCUT2D eigenvalue weighted by atomic mass is 32.2. The summed E-state index contributed by atoms with van der Waals surface area (Å²) in [5, 5.41) is 0. The molecule has 1 aliphatic heterocycles. The van der Waals surface area contributed by atoms with E-state index in [4.69, 9.17) is 0 Å². The first-order valence-corrected chi connectivity index (χ1v) is 9.52. The molecule has 6 nitrogen and oxygen atoms in total. The summed E-state index contributed by atoms with van der Waals surface area (Å²) < 4.78 is 26.9. The third-order valence-electron chi connectivity index (χ3n) is 4.01. The van der Waals surface area contributed by atoms with Gasteiger partial charge in [0.2, 0.25) is 0 Å². The number of hydrogen-bond acceptors (Lipinski definition) is 5. The summed E-state index contributed by atoms with van der Waals surface area (Å²) in [5.74, 6) is 0. The van der Waals surface area contributed by atoms with E-state index in [2.05, 4.69) is 16.8 Å². The van der Waals surface area contributed by atoms with Crippen molar-refractivity contribution >= 4 is 21.4 Å². The summed E-state index contributed by atoms with van der Waals surface area (Å²) in [6.45, 7) is 6.71. The fraction of sp³-hybridized carbons (Fsp3) is 0.769. The van der Waals surface area contributed by atoms with Crippen LogP contribution in [0.25, 0.3) is 0 Å². The molecule has 1 saturated heterocycles. The van der Waals surface area contributed by atoms with Crippen LogP contribution < -0.4 is 4.87 Å². The molecule has 0 aromatic carbocycles. The molecule has 0 saturated carbocycles. The number of nitrogens with zero attached hydrogens (tertiary/aromatic N) is 2. The van der Waals surface area contributed by atoms with E-state index >= 15 is 0 Å². The molecule has 8 heteroatoms. The van der Waals surface area contributed by atoms with Gasteiger partial charge in [-0.05, 0) is 45.8 Å². The lowest BCUT2D eigenvalue weighted by Crippen LogP contribution is -2.45. The first kappa shape index (κ1) is 16.7. The maximum absolute atomic E-state index is 12.6. The number of aryl methyl sites for hydroxylation is 1. The van der Waals surface area contributed by atoms with Gasteiger partial charge in [-0.1, -0.05) is 18.3 Å². The van der Waals surface area contributed by atoms with Crippen LogP contribution in [-0.2, 0) is 10.0 Å². The number of nitrogens with one attached hydrogen (secondary N) is 1. The Hall–Kier alpha value is -0.700. The highest BCUT2D eigenvalue weighted by molar-refractivity contribution is 7.91. The van der Waals surface area contributed by atoms with Crippen LogP contribution in [-0.4, -0.2) is 55.3 Å². The van der Waals surface area contributed by atoms with Crippen molar-refractivity contribution in [3.05, 3.63) is 15.4 Å². The molecule has 1 N–H and O–H groups in total. The molecule has 1 aromatic heterocycles. The number of rotatable bonds is 5. The Bertz CT molecular complexity index is 627. The highest BCUT2D eigenvalue weighted by Gasteiger charge is 2.32. The van der Waals surface area contributed by atoms with Crippen LogP contribution in [0.15, 0.2) is 9.00 Å². The molecule has 1 fully saturated rings. The van der Waals surface area contributed by atoms with Crippen molar-refractivity contribution in [2.45, 2.75) is 43.4 Å². The Morgan fingerprint density at radius 1 is 1.38 bits per heavy atom. The Morgan fingerprint density at radius 3 is 2.48 bits per heavy atom. The van der Waals surface area contributed by atoms with E-state index in [1.165, 1.54) is 4.31 Å². The number of aromatic nitrogens is 1. The molecule has 1 aliphatic rings. The van der Waals surface area contributed by atoms with Crippen LogP contribution in [0.5, 0.6) is 0 Å². The molecule has 2 rings (SSSR count). The lowest BCUT2D eigenvalue weighted by atomic mass is 10.1. The normalized spacial score (nSPS) is 18.5. The second-order valence-electron chi connectivity index (χ2n) is 5.52. The van der Waals surface area contributed by atoms with Crippen LogP contribution in [0.3, 0.4) is 0 Å². The maximum atomic E-state index is 12.6. The molecule has 0 aliphatic carbocycles. The molecule has 0 unspecified atom stereocenters. The smallest absolute Gasteiger partial charge is 0.305 e. The Morgan fingerprint density at radius 2 is 2.00 bits per heavy atom. The molecule has 0 radical (unpaired) electrons. The van der Waals surface area contributed by atoms with Crippen LogP contribution in [0.2, 0.25) is 0 Å². The van der Waals surface area contributed by atoms with Gasteiger partial charge in [-0.25, -0.2) is 8.42 Å². The van der Waals surface area contributed by atoms with Gasteiger partial charge >= 0.3 is 4.87 Å². The molecule has 0 bridgehead atoms. The van der Waals surface area contributed by atoms with Gasteiger partial charge in [0.25, 0.3) is 10.0 Å². The van der Waals surface area contributed by atoms with Crippen LogP contribution in [0.4, 0.5) is 0 Å². The second kappa shape index (κ2) is 6.60. The van der Waals surface area contributed by atoms with Gasteiger partial charge in [-0.2, -0.15) is 4.31 Å². The average Bonchev–Trinajstić information content (AvgIpc) is 2.79. The lowest BCUT2D eigenvalue weighted by Gasteiger charge is -2.35. The summed E-state index contributed by atoms with van der Waals surface area (Å²) in [6.07, 6.45) is 2.80. The van der Waals surface area contributed by atoms with Crippen molar-refractivity contribution in [3.8, 4) is 0 Å². The molecular formula is C13H23N3O3S2. The maximum Gasteiger partial charge on any atom is 0.305 e. The van der Waals surface area contributed by atoms with Gasteiger partial charge in [0.05, 0.1) is 0 Å². The Balaban J connectivity index is 2.11. The number of thiazole rings is 1. The zero-order valence-electron chi connectivity index (χ0n) is 12.8. The van der Waals surface area contributed by atoms with Crippen molar-refractivity contribution in [3.63, 3.8) is 0 Å². The van der Waals surface area contributed by atoms with Crippen LogP contribution >= 0.6 is 11.3 Å². The Labute approximate surface area is 129 Å². The van der Waals surface area contributed by atoms with E-state index in [1.54, 1.807) is 14.0 Å². The largest absolute Gasteiger partial charge is 0.315 e. The van der Waals surface area contributed by atoms with Gasteiger partial charge in [0.1, 0.15) is 0 Å². The third-order valence-corrected chi connectivity index (χ3v) is 7.50. The fourth-order valence-corrected chi connectivity index (χ4v) is 5.67. The fourth-order valence-electron chi connectivity index (χ4n) is 2.79. The standard InChI is InChI=1S/C13H23N3O3S2/c1-4-7-16-8-5-11(6-9-16)15(3)21(18,19)12-10(2)14-13(17)20-12/h11H,4-9H2,1-3H3,(H,14,17). The molecular weight excluding hydrogens is 310 g/mol. The zero-order valence-corrected chi connectivity index (χ0v) is 14.4. The molecule has 0 atom stereocenters. The monoisotopic (exact) mass is 333 g/mol. The predicted octanol–water partition coefficient (Wildman–Crippen LogP) is 1.24. The van der Waals surface area contributed by atoms with Crippen molar-refractivity contribution in [2.24, 2.45) is 0 Å². The number of piperidine rings is 1. The van der Waals surface area contributed by atoms with E-state index in [-0.39, 0.29) is 15.1 Å². The zero-order chi connectivity index (χ0) is 15.6. The quantitative estimate of drug-likeness (QED) is 0.880. The van der Waals surface area contributed by atoms with Crippen molar-refractivity contribution in [2.75, 3.05) is 26.7 Å². The number of aromatic amines is 1. The molecule has 120 valence electrons. The first-order chi connectivity index (χ1) is 9.86. The molecule has 0 spiro atoms. The summed E-state index contributed by atoms with van der Waals surface area (Å²) in [4.78, 5) is 15.9. The minimum atomic E-state index is -3.58. The molecule has 1 aromatic rings. The lowest BCUT2D eigenvalue weighted by molar-refractivity contribution is 0.170. The van der Waals surface area contributed by atoms with Gasteiger partial charge in [0, 0.05) is 18.8 Å². The van der Waals surface area contributed by atoms with E-state index in [0.717, 1.165) is 50.2 Å². The Kier molecular flexibility index (Phi) is 5.24. The van der Waals surface area contributed by atoms with Crippen molar-refractivity contribution in [1.82, 2.24) is 14.2 Å². The number of hydrogen-bond donors (Lipinski definition) is 1. The number of sulfonamides is 1. The van der Waals surface area contributed by atoms with E-state index in [0.29, 0.717) is 5.69 Å². The predicted molar refractivity (Wildman–Crippen MR) is 84.4 cm³/mol. The molecule has 21 heavy (non-hydrogen) atoms. The van der Waals surface area contributed by atoms with Gasteiger partial charge in [-0.3, -0.25) is 4.79 Å². The summed E-state index contributed by atoms with van der Waals surface area (Å²) >= 11 is 0.771. The SMILES string of the molecule is CCCN1CCC(N(C)S(=O)(=O)c2sc(=O)[nH]c2C)CC1. The van der Waals surface area contributed by atoms with E-state index < -0.39 is 10.0 Å². The van der Waals surface area contributed by atoms with Crippen molar-refractivity contribution in [1.29, 1.82) is 0 Å². The molecule has 0 amide bonds. The highest BCUT2D eigenvalue weighted by Crippen LogP contribution is 2.25. The second-order valence-corrected chi connectivity index (χ2v) is 8.70.